The number of carbonyl (C=O) groups is 1. The van der Waals surface area contributed by atoms with E-state index >= 15 is 0 Å². The first-order valence-electron chi connectivity index (χ1n) is 11.2. The number of nitro benzene ring substituents is 1. The van der Waals surface area contributed by atoms with E-state index in [9.17, 15) is 14.9 Å². The van der Waals surface area contributed by atoms with Gasteiger partial charge in [-0.1, -0.05) is 36.0 Å². The average molecular weight is 481 g/mol. The molecule has 1 saturated heterocycles. The van der Waals surface area contributed by atoms with Crippen molar-refractivity contribution in [2.24, 2.45) is 0 Å². The molecule has 0 radical (unpaired) electrons. The van der Waals surface area contributed by atoms with Gasteiger partial charge in [0.25, 0.3) is 5.69 Å². The highest BCUT2D eigenvalue weighted by atomic mass is 32.2. The summed E-state index contributed by atoms with van der Waals surface area (Å²) in [6, 6.07) is 13.0. The standard InChI is InChI=1S/C24H28N6O3S/c1-17-7-8-18(2)22(13-17)29-19(3)25-26-24(29)34-16-23(31)28-11-9-27(10-12-28)15-20-5-4-6-21(14-20)30(32)33/h4-8,13-14H,9-12,15-16H2,1-3H3. The van der Waals surface area contributed by atoms with Gasteiger partial charge in [-0.3, -0.25) is 24.4 Å². The zero-order valence-electron chi connectivity index (χ0n) is 19.6. The van der Waals surface area contributed by atoms with E-state index in [-0.39, 0.29) is 16.5 Å². The molecular formula is C24H28N6O3S. The summed E-state index contributed by atoms with van der Waals surface area (Å²) in [4.78, 5) is 27.6. The third-order valence-corrected chi connectivity index (χ3v) is 6.89. The van der Waals surface area contributed by atoms with Crippen molar-refractivity contribution in [3.63, 3.8) is 0 Å². The van der Waals surface area contributed by atoms with Crippen molar-refractivity contribution in [3.05, 3.63) is 75.1 Å². The minimum atomic E-state index is -0.375. The molecule has 0 atom stereocenters. The summed E-state index contributed by atoms with van der Waals surface area (Å²) in [5, 5.41) is 20.3. The summed E-state index contributed by atoms with van der Waals surface area (Å²) in [6.07, 6.45) is 0. The second-order valence-corrected chi connectivity index (χ2v) is 9.47. The number of benzene rings is 2. The van der Waals surface area contributed by atoms with Gasteiger partial charge >= 0.3 is 0 Å². The zero-order valence-corrected chi connectivity index (χ0v) is 20.4. The number of carbonyl (C=O) groups excluding carboxylic acids is 1. The zero-order chi connectivity index (χ0) is 24.2. The van der Waals surface area contributed by atoms with E-state index < -0.39 is 0 Å². The fraction of sp³-hybridized carbons (Fsp3) is 0.375. The molecule has 2 aromatic carbocycles. The summed E-state index contributed by atoms with van der Waals surface area (Å²) in [6.45, 7) is 9.40. The van der Waals surface area contributed by atoms with Crippen molar-refractivity contribution < 1.29 is 9.72 Å². The van der Waals surface area contributed by atoms with E-state index in [0.717, 1.165) is 41.3 Å². The minimum absolute atomic E-state index is 0.0770. The number of aryl methyl sites for hydroxylation is 3. The number of piperazine rings is 1. The van der Waals surface area contributed by atoms with Crippen LogP contribution in [0.2, 0.25) is 0 Å². The Bertz CT molecular complexity index is 1200. The number of thioether (sulfide) groups is 1. The van der Waals surface area contributed by atoms with Crippen molar-refractivity contribution in [2.75, 3.05) is 31.9 Å². The van der Waals surface area contributed by atoms with E-state index in [1.54, 1.807) is 12.1 Å². The van der Waals surface area contributed by atoms with Crippen LogP contribution in [0.1, 0.15) is 22.5 Å². The van der Waals surface area contributed by atoms with Crippen LogP contribution in [0.15, 0.2) is 47.6 Å². The molecule has 1 aromatic heterocycles. The molecule has 1 aliphatic rings. The van der Waals surface area contributed by atoms with E-state index in [0.29, 0.717) is 30.5 Å². The van der Waals surface area contributed by atoms with Crippen molar-refractivity contribution in [3.8, 4) is 5.69 Å². The number of rotatable bonds is 7. The van der Waals surface area contributed by atoms with Gasteiger partial charge in [0.15, 0.2) is 5.16 Å². The molecule has 10 heteroatoms. The Hall–Kier alpha value is -3.24. The molecule has 0 bridgehead atoms. The molecular weight excluding hydrogens is 452 g/mol. The average Bonchev–Trinajstić information content (AvgIpc) is 3.19. The molecule has 0 N–H and O–H groups in total. The molecule has 34 heavy (non-hydrogen) atoms. The van der Waals surface area contributed by atoms with Crippen LogP contribution in [-0.4, -0.2) is 67.3 Å². The van der Waals surface area contributed by atoms with Crippen molar-refractivity contribution in [1.29, 1.82) is 0 Å². The maximum atomic E-state index is 12.9. The Kier molecular flexibility index (Phi) is 7.28. The monoisotopic (exact) mass is 480 g/mol. The van der Waals surface area contributed by atoms with E-state index in [1.165, 1.54) is 17.8 Å². The molecule has 0 aliphatic carbocycles. The molecule has 178 valence electrons. The molecule has 1 amide bonds. The van der Waals surface area contributed by atoms with Gasteiger partial charge in [0.1, 0.15) is 5.82 Å². The fourth-order valence-electron chi connectivity index (χ4n) is 4.07. The molecule has 4 rings (SSSR count). The normalized spacial score (nSPS) is 14.4. The predicted molar refractivity (Wildman–Crippen MR) is 131 cm³/mol. The molecule has 3 aromatic rings. The number of hydrogen-bond donors (Lipinski definition) is 0. The summed E-state index contributed by atoms with van der Waals surface area (Å²) in [7, 11) is 0. The molecule has 1 fully saturated rings. The summed E-state index contributed by atoms with van der Waals surface area (Å²) >= 11 is 1.41. The lowest BCUT2D eigenvalue weighted by Crippen LogP contribution is -2.48. The Balaban J connectivity index is 1.33. The summed E-state index contributed by atoms with van der Waals surface area (Å²) in [5.74, 6) is 1.17. The molecule has 9 nitrogen and oxygen atoms in total. The fourth-order valence-corrected chi connectivity index (χ4v) is 4.97. The summed E-state index contributed by atoms with van der Waals surface area (Å²) < 4.78 is 2.01. The van der Waals surface area contributed by atoms with Crippen molar-refractivity contribution in [2.45, 2.75) is 32.5 Å². The molecule has 0 spiro atoms. The highest BCUT2D eigenvalue weighted by Gasteiger charge is 2.23. The van der Waals surface area contributed by atoms with Crippen LogP contribution in [0, 0.1) is 30.9 Å². The van der Waals surface area contributed by atoms with E-state index in [2.05, 4.69) is 47.1 Å². The number of aromatic nitrogens is 3. The van der Waals surface area contributed by atoms with Crippen LogP contribution in [0.3, 0.4) is 0 Å². The highest BCUT2D eigenvalue weighted by Crippen LogP contribution is 2.25. The Morgan fingerprint density at radius 1 is 1.06 bits per heavy atom. The molecule has 0 unspecified atom stereocenters. The number of non-ortho nitro benzene ring substituents is 1. The first-order chi connectivity index (χ1) is 16.3. The number of hydrogen-bond acceptors (Lipinski definition) is 7. The lowest BCUT2D eigenvalue weighted by Gasteiger charge is -2.34. The second-order valence-electron chi connectivity index (χ2n) is 8.53. The number of nitro groups is 1. The van der Waals surface area contributed by atoms with Crippen LogP contribution in [0.25, 0.3) is 5.69 Å². The summed E-state index contributed by atoms with van der Waals surface area (Å²) in [5.41, 5.74) is 4.33. The minimum Gasteiger partial charge on any atom is -0.339 e. The van der Waals surface area contributed by atoms with Crippen LogP contribution in [0.4, 0.5) is 5.69 Å². The van der Waals surface area contributed by atoms with E-state index in [1.807, 2.05) is 22.5 Å². The van der Waals surface area contributed by atoms with Gasteiger partial charge in [0.2, 0.25) is 5.91 Å². The largest absolute Gasteiger partial charge is 0.339 e. The number of nitrogens with zero attached hydrogens (tertiary/aromatic N) is 6. The topological polar surface area (TPSA) is 97.4 Å². The SMILES string of the molecule is Cc1ccc(C)c(-n2c(C)nnc2SCC(=O)N2CCN(Cc3cccc([N+](=O)[O-])c3)CC2)c1. The molecule has 2 heterocycles. The van der Waals surface area contributed by atoms with Crippen molar-refractivity contribution >= 4 is 23.4 Å². The lowest BCUT2D eigenvalue weighted by molar-refractivity contribution is -0.384. The lowest BCUT2D eigenvalue weighted by atomic mass is 10.1. The number of amides is 1. The Labute approximate surface area is 202 Å². The van der Waals surface area contributed by atoms with Gasteiger partial charge in [-0.15, -0.1) is 10.2 Å². The van der Waals surface area contributed by atoms with Gasteiger partial charge in [-0.2, -0.15) is 0 Å². The smallest absolute Gasteiger partial charge is 0.269 e. The first kappa shape index (κ1) is 23.9. The van der Waals surface area contributed by atoms with Gasteiger partial charge in [-0.05, 0) is 43.5 Å². The van der Waals surface area contributed by atoms with Crippen LogP contribution in [0.5, 0.6) is 0 Å². The van der Waals surface area contributed by atoms with Crippen molar-refractivity contribution in [1.82, 2.24) is 24.6 Å². The van der Waals surface area contributed by atoms with Gasteiger partial charge in [0, 0.05) is 44.9 Å². The molecule has 1 aliphatic heterocycles. The maximum absolute atomic E-state index is 12.9. The Morgan fingerprint density at radius 2 is 1.82 bits per heavy atom. The van der Waals surface area contributed by atoms with Gasteiger partial charge in [0.05, 0.1) is 16.4 Å². The van der Waals surface area contributed by atoms with Gasteiger partial charge < -0.3 is 4.90 Å². The second kappa shape index (κ2) is 10.4. The van der Waals surface area contributed by atoms with Crippen LogP contribution < -0.4 is 0 Å². The first-order valence-corrected chi connectivity index (χ1v) is 12.2. The van der Waals surface area contributed by atoms with Gasteiger partial charge in [-0.25, -0.2) is 0 Å². The quantitative estimate of drug-likeness (QED) is 0.290. The van der Waals surface area contributed by atoms with Crippen LogP contribution in [-0.2, 0) is 11.3 Å². The highest BCUT2D eigenvalue weighted by molar-refractivity contribution is 7.99. The van der Waals surface area contributed by atoms with Crippen LogP contribution >= 0.6 is 11.8 Å². The Morgan fingerprint density at radius 3 is 2.56 bits per heavy atom. The maximum Gasteiger partial charge on any atom is 0.269 e. The third-order valence-electron chi connectivity index (χ3n) is 5.98. The molecule has 0 saturated carbocycles. The van der Waals surface area contributed by atoms with E-state index in [4.69, 9.17) is 0 Å². The third kappa shape index (κ3) is 5.45. The predicted octanol–water partition coefficient (Wildman–Crippen LogP) is 3.54.